The van der Waals surface area contributed by atoms with Crippen LogP contribution in [0.15, 0.2) is 12.8 Å². The SMILES string of the molecule is C=C[N+](=C)C(C)(C)C. The Labute approximate surface area is 51.3 Å². The highest BCUT2D eigenvalue weighted by atomic mass is 15.0. The van der Waals surface area contributed by atoms with Gasteiger partial charge in [-0.3, -0.25) is 0 Å². The molecule has 0 aliphatic carbocycles. The molecule has 0 spiro atoms. The van der Waals surface area contributed by atoms with Crippen LogP contribution in [0.2, 0.25) is 0 Å². The van der Waals surface area contributed by atoms with Gasteiger partial charge < -0.3 is 0 Å². The molecule has 0 rings (SSSR count). The Morgan fingerprint density at radius 3 is 1.75 bits per heavy atom. The van der Waals surface area contributed by atoms with Crippen LogP contribution in [0, 0.1) is 0 Å². The Morgan fingerprint density at radius 1 is 1.38 bits per heavy atom. The summed E-state index contributed by atoms with van der Waals surface area (Å²) in [6.45, 7) is 13.6. The first-order valence-electron chi connectivity index (χ1n) is 2.71. The maximum atomic E-state index is 3.74. The molecule has 0 aromatic heterocycles. The lowest BCUT2D eigenvalue weighted by atomic mass is 10.1. The van der Waals surface area contributed by atoms with Crippen LogP contribution in [0.1, 0.15) is 20.8 Å². The van der Waals surface area contributed by atoms with Crippen molar-refractivity contribution < 1.29 is 4.58 Å². The first-order valence-corrected chi connectivity index (χ1v) is 2.71. The van der Waals surface area contributed by atoms with Crippen LogP contribution in [-0.4, -0.2) is 16.8 Å². The zero-order valence-corrected chi connectivity index (χ0v) is 5.94. The first kappa shape index (κ1) is 7.41. The van der Waals surface area contributed by atoms with Crippen LogP contribution in [0.3, 0.4) is 0 Å². The summed E-state index contributed by atoms with van der Waals surface area (Å²) in [6, 6.07) is 0. The molecule has 1 heteroatoms. The molecular formula is C7H14N+. The second-order valence-electron chi connectivity index (χ2n) is 2.82. The van der Waals surface area contributed by atoms with Crippen LogP contribution in [0.4, 0.5) is 0 Å². The summed E-state index contributed by atoms with van der Waals surface area (Å²) in [6.07, 6.45) is 1.72. The largest absolute Gasteiger partial charge is 0.208 e. The van der Waals surface area contributed by atoms with Gasteiger partial charge in [-0.2, -0.15) is 0 Å². The molecular weight excluding hydrogens is 98.1 g/mol. The molecule has 1 nitrogen and oxygen atoms in total. The van der Waals surface area contributed by atoms with Crippen LogP contribution < -0.4 is 0 Å². The molecule has 0 N–H and O–H groups in total. The van der Waals surface area contributed by atoms with Crippen molar-refractivity contribution in [2.24, 2.45) is 0 Å². The molecule has 8 heavy (non-hydrogen) atoms. The molecule has 0 aromatic carbocycles. The monoisotopic (exact) mass is 112 g/mol. The lowest BCUT2D eigenvalue weighted by Crippen LogP contribution is -2.27. The van der Waals surface area contributed by atoms with Crippen molar-refractivity contribution in [3.63, 3.8) is 0 Å². The molecule has 0 bridgehead atoms. The van der Waals surface area contributed by atoms with Gasteiger partial charge in [0.15, 0.2) is 11.7 Å². The second kappa shape index (κ2) is 2.12. The maximum Gasteiger partial charge on any atom is 0.161 e. The van der Waals surface area contributed by atoms with E-state index in [2.05, 4.69) is 34.1 Å². The average molecular weight is 112 g/mol. The number of hydrogen-bond acceptors (Lipinski definition) is 0. The normalized spacial score (nSPS) is 10.9. The highest BCUT2D eigenvalue weighted by Crippen LogP contribution is 2.04. The second-order valence-corrected chi connectivity index (χ2v) is 2.82. The van der Waals surface area contributed by atoms with E-state index in [0.29, 0.717) is 0 Å². The van der Waals surface area contributed by atoms with Crippen LogP contribution >= 0.6 is 0 Å². The molecule has 0 saturated carbocycles. The van der Waals surface area contributed by atoms with E-state index >= 15 is 0 Å². The highest BCUT2D eigenvalue weighted by Gasteiger charge is 2.18. The summed E-state index contributed by atoms with van der Waals surface area (Å²) in [4.78, 5) is 0. The molecule has 0 unspecified atom stereocenters. The zero-order valence-electron chi connectivity index (χ0n) is 5.94. The Bertz CT molecular complexity index is 106. The van der Waals surface area contributed by atoms with E-state index < -0.39 is 0 Å². The van der Waals surface area contributed by atoms with Crippen molar-refractivity contribution in [1.29, 1.82) is 0 Å². The lowest BCUT2D eigenvalue weighted by Gasteiger charge is -2.11. The molecule has 46 valence electrons. The number of hydrogen-bond donors (Lipinski definition) is 0. The van der Waals surface area contributed by atoms with Gasteiger partial charge in [-0.15, -0.1) is 0 Å². The molecule has 0 aliphatic heterocycles. The van der Waals surface area contributed by atoms with Gasteiger partial charge in [-0.25, -0.2) is 4.58 Å². The minimum absolute atomic E-state index is 0.113. The fourth-order valence-corrected chi connectivity index (χ4v) is 0.274. The summed E-state index contributed by atoms with van der Waals surface area (Å²) < 4.78 is 1.83. The first-order chi connectivity index (χ1) is 3.48. The highest BCUT2D eigenvalue weighted by molar-refractivity contribution is 5.16. The quantitative estimate of drug-likeness (QED) is 0.358. The van der Waals surface area contributed by atoms with Crippen molar-refractivity contribution in [3.05, 3.63) is 12.8 Å². The summed E-state index contributed by atoms with van der Waals surface area (Å²) in [5, 5.41) is 0. The molecule has 0 amide bonds. The predicted octanol–water partition coefficient (Wildman–Crippen LogP) is 1.64. The number of nitrogens with zero attached hydrogens (tertiary/aromatic N) is 1. The van der Waals surface area contributed by atoms with Gasteiger partial charge in [0.1, 0.15) is 6.72 Å². The van der Waals surface area contributed by atoms with Crippen LogP contribution in [0.25, 0.3) is 0 Å². The molecule has 0 saturated heterocycles. The fourth-order valence-electron chi connectivity index (χ4n) is 0.274. The van der Waals surface area contributed by atoms with E-state index in [9.17, 15) is 0 Å². The number of rotatable bonds is 1. The Balaban J connectivity index is 4.02. The van der Waals surface area contributed by atoms with Crippen molar-refractivity contribution in [1.82, 2.24) is 0 Å². The Kier molecular flexibility index (Phi) is 1.96. The average Bonchev–Trinajstić information content (AvgIpc) is 1.62. The summed E-state index contributed by atoms with van der Waals surface area (Å²) in [7, 11) is 0. The Hall–Kier alpha value is -0.590. The predicted molar refractivity (Wildman–Crippen MR) is 37.3 cm³/mol. The summed E-state index contributed by atoms with van der Waals surface area (Å²) in [5.74, 6) is 0. The fraction of sp³-hybridized carbons (Fsp3) is 0.571. The van der Waals surface area contributed by atoms with Gasteiger partial charge in [0, 0.05) is 20.8 Å². The van der Waals surface area contributed by atoms with Crippen LogP contribution in [-0.2, 0) is 0 Å². The molecule has 0 aliphatic rings. The third-order valence-corrected chi connectivity index (χ3v) is 1.08. The topological polar surface area (TPSA) is 3.01 Å². The summed E-state index contributed by atoms with van der Waals surface area (Å²) >= 11 is 0. The van der Waals surface area contributed by atoms with E-state index in [-0.39, 0.29) is 5.54 Å². The van der Waals surface area contributed by atoms with Crippen molar-refractivity contribution in [3.8, 4) is 0 Å². The van der Waals surface area contributed by atoms with Crippen molar-refractivity contribution in [2.75, 3.05) is 0 Å². The molecule has 0 fully saturated rings. The van der Waals surface area contributed by atoms with E-state index in [1.807, 2.05) is 4.58 Å². The van der Waals surface area contributed by atoms with E-state index in [1.54, 1.807) is 6.20 Å². The van der Waals surface area contributed by atoms with Gasteiger partial charge in [-0.05, 0) is 6.58 Å². The third-order valence-electron chi connectivity index (χ3n) is 1.08. The van der Waals surface area contributed by atoms with Gasteiger partial charge >= 0.3 is 0 Å². The molecule has 0 heterocycles. The van der Waals surface area contributed by atoms with E-state index in [1.165, 1.54) is 0 Å². The van der Waals surface area contributed by atoms with Crippen LogP contribution in [0.5, 0.6) is 0 Å². The van der Waals surface area contributed by atoms with E-state index in [4.69, 9.17) is 0 Å². The zero-order chi connectivity index (χ0) is 6.78. The lowest BCUT2D eigenvalue weighted by molar-refractivity contribution is -0.526. The maximum absolute atomic E-state index is 3.74. The minimum Gasteiger partial charge on any atom is -0.208 e. The molecule has 0 atom stereocenters. The standard InChI is InChI=1S/C7H14N/c1-6-8(5)7(2,3)4/h6H,1,5H2,2-4H3/q+1. The van der Waals surface area contributed by atoms with Gasteiger partial charge in [0.25, 0.3) is 0 Å². The van der Waals surface area contributed by atoms with Crippen molar-refractivity contribution in [2.45, 2.75) is 26.3 Å². The van der Waals surface area contributed by atoms with Gasteiger partial charge in [0.05, 0.1) is 0 Å². The Morgan fingerprint density at radius 2 is 1.75 bits per heavy atom. The van der Waals surface area contributed by atoms with Gasteiger partial charge in [0.2, 0.25) is 0 Å². The smallest absolute Gasteiger partial charge is 0.161 e. The third kappa shape index (κ3) is 1.92. The van der Waals surface area contributed by atoms with Crippen molar-refractivity contribution >= 4 is 6.72 Å². The minimum atomic E-state index is 0.113. The van der Waals surface area contributed by atoms with E-state index in [0.717, 1.165) is 0 Å². The molecule has 0 aromatic rings. The summed E-state index contributed by atoms with van der Waals surface area (Å²) in [5.41, 5.74) is 0.113. The van der Waals surface area contributed by atoms with Gasteiger partial charge in [-0.1, -0.05) is 0 Å². The molecule has 0 radical (unpaired) electrons.